The van der Waals surface area contributed by atoms with Gasteiger partial charge in [-0.1, -0.05) is 11.3 Å². The molecule has 0 saturated heterocycles. The van der Waals surface area contributed by atoms with Crippen LogP contribution in [0.4, 0.5) is 0 Å². The molecule has 114 valence electrons. The lowest BCUT2D eigenvalue weighted by molar-refractivity contribution is -0.122. The van der Waals surface area contributed by atoms with Gasteiger partial charge in [-0.05, 0) is 33.2 Å². The molecular weight excluding hydrogens is 290 g/mol. The molecular formula is C14H19N3O3S. The third kappa shape index (κ3) is 3.83. The maximum absolute atomic E-state index is 12.0. The van der Waals surface area contributed by atoms with Gasteiger partial charge in [0.2, 0.25) is 5.91 Å². The average molecular weight is 309 g/mol. The minimum absolute atomic E-state index is 0.0377. The van der Waals surface area contributed by atoms with Gasteiger partial charge in [0.1, 0.15) is 12.3 Å². The molecule has 2 heterocycles. The highest BCUT2D eigenvalue weighted by Gasteiger charge is 2.18. The van der Waals surface area contributed by atoms with Crippen molar-refractivity contribution in [2.75, 3.05) is 20.6 Å². The van der Waals surface area contributed by atoms with Crippen molar-refractivity contribution in [1.82, 2.24) is 14.8 Å². The SMILES string of the molecule is Cc1csc(=O)n1CC(=O)NCC(c1ccco1)N(C)C. The van der Waals surface area contributed by atoms with Crippen molar-refractivity contribution in [3.05, 3.63) is 44.9 Å². The summed E-state index contributed by atoms with van der Waals surface area (Å²) in [7, 11) is 3.85. The molecule has 2 aromatic heterocycles. The average Bonchev–Trinajstić information content (AvgIpc) is 3.04. The maximum atomic E-state index is 12.0. The van der Waals surface area contributed by atoms with Crippen LogP contribution < -0.4 is 10.2 Å². The van der Waals surface area contributed by atoms with E-state index in [9.17, 15) is 9.59 Å². The van der Waals surface area contributed by atoms with Crippen LogP contribution in [0.2, 0.25) is 0 Å². The Labute approximate surface area is 127 Å². The quantitative estimate of drug-likeness (QED) is 0.871. The fraction of sp³-hybridized carbons (Fsp3) is 0.429. The molecule has 0 aliphatic carbocycles. The fourth-order valence-electron chi connectivity index (χ4n) is 2.02. The van der Waals surface area contributed by atoms with Crippen LogP contribution in [0.15, 0.2) is 33.0 Å². The van der Waals surface area contributed by atoms with E-state index in [-0.39, 0.29) is 23.4 Å². The van der Waals surface area contributed by atoms with Crippen LogP contribution in [-0.4, -0.2) is 36.0 Å². The summed E-state index contributed by atoms with van der Waals surface area (Å²) >= 11 is 1.10. The summed E-state index contributed by atoms with van der Waals surface area (Å²) in [5, 5.41) is 4.60. The molecule has 7 heteroatoms. The molecule has 2 aromatic rings. The Balaban J connectivity index is 1.95. The molecule has 0 aliphatic rings. The van der Waals surface area contributed by atoms with Gasteiger partial charge in [0.15, 0.2) is 0 Å². The van der Waals surface area contributed by atoms with Crippen molar-refractivity contribution in [1.29, 1.82) is 0 Å². The van der Waals surface area contributed by atoms with Crippen molar-refractivity contribution in [3.8, 4) is 0 Å². The highest BCUT2D eigenvalue weighted by Crippen LogP contribution is 2.17. The molecule has 1 atom stereocenters. The summed E-state index contributed by atoms with van der Waals surface area (Å²) in [6.45, 7) is 2.29. The van der Waals surface area contributed by atoms with Crippen LogP contribution >= 0.6 is 11.3 Å². The number of carbonyl (C=O) groups is 1. The lowest BCUT2D eigenvalue weighted by atomic mass is 10.2. The Morgan fingerprint density at radius 3 is 2.81 bits per heavy atom. The first-order valence-corrected chi connectivity index (χ1v) is 7.48. The Kier molecular flexibility index (Phi) is 4.98. The van der Waals surface area contributed by atoms with Crippen LogP contribution in [0, 0.1) is 6.92 Å². The molecule has 6 nitrogen and oxygen atoms in total. The Morgan fingerprint density at radius 1 is 1.52 bits per heavy atom. The molecule has 21 heavy (non-hydrogen) atoms. The van der Waals surface area contributed by atoms with E-state index in [0.29, 0.717) is 6.54 Å². The van der Waals surface area contributed by atoms with Gasteiger partial charge in [-0.2, -0.15) is 0 Å². The summed E-state index contributed by atoms with van der Waals surface area (Å²) in [6.07, 6.45) is 1.61. The number of hydrogen-bond donors (Lipinski definition) is 1. The molecule has 0 aliphatic heterocycles. The van der Waals surface area contributed by atoms with Crippen molar-refractivity contribution in [3.63, 3.8) is 0 Å². The van der Waals surface area contributed by atoms with E-state index in [0.717, 1.165) is 22.8 Å². The van der Waals surface area contributed by atoms with E-state index in [1.807, 2.05) is 38.1 Å². The molecule has 0 spiro atoms. The van der Waals surface area contributed by atoms with Crippen molar-refractivity contribution < 1.29 is 9.21 Å². The number of nitrogens with one attached hydrogen (secondary N) is 1. The Bertz CT molecular complexity index is 643. The zero-order chi connectivity index (χ0) is 15.4. The van der Waals surface area contributed by atoms with E-state index in [4.69, 9.17) is 4.42 Å². The van der Waals surface area contributed by atoms with Crippen LogP contribution in [0.5, 0.6) is 0 Å². The largest absolute Gasteiger partial charge is 0.468 e. The van der Waals surface area contributed by atoms with Crippen LogP contribution in [0.3, 0.4) is 0 Å². The van der Waals surface area contributed by atoms with E-state index >= 15 is 0 Å². The molecule has 1 N–H and O–H groups in total. The molecule has 1 amide bonds. The highest BCUT2D eigenvalue weighted by molar-refractivity contribution is 7.07. The number of likely N-dealkylation sites (N-methyl/N-ethyl adjacent to an activating group) is 1. The fourth-order valence-corrected chi connectivity index (χ4v) is 2.76. The molecule has 0 aromatic carbocycles. The van der Waals surface area contributed by atoms with Gasteiger partial charge >= 0.3 is 4.87 Å². The van der Waals surface area contributed by atoms with Gasteiger partial charge in [-0.3, -0.25) is 19.1 Å². The second-order valence-corrected chi connectivity index (χ2v) is 5.85. The van der Waals surface area contributed by atoms with Crippen LogP contribution in [0.25, 0.3) is 0 Å². The third-order valence-electron chi connectivity index (χ3n) is 3.27. The second-order valence-electron chi connectivity index (χ2n) is 5.03. The summed E-state index contributed by atoms with van der Waals surface area (Å²) in [5.74, 6) is 0.612. The predicted octanol–water partition coefficient (Wildman–Crippen LogP) is 1.23. The molecule has 1 unspecified atom stereocenters. The second kappa shape index (κ2) is 6.73. The number of furan rings is 1. The van der Waals surface area contributed by atoms with Crippen molar-refractivity contribution in [2.45, 2.75) is 19.5 Å². The summed E-state index contributed by atoms with van der Waals surface area (Å²) in [5.41, 5.74) is 0.801. The number of amides is 1. The first kappa shape index (κ1) is 15.5. The monoisotopic (exact) mass is 309 g/mol. The number of aryl methyl sites for hydroxylation is 1. The number of carbonyl (C=O) groups excluding carboxylic acids is 1. The molecule has 2 rings (SSSR count). The predicted molar refractivity (Wildman–Crippen MR) is 81.5 cm³/mol. The molecule has 0 saturated carbocycles. The Hall–Kier alpha value is -1.86. The van der Waals surface area contributed by atoms with Crippen LogP contribution in [0.1, 0.15) is 17.5 Å². The minimum atomic E-state index is -0.183. The lowest BCUT2D eigenvalue weighted by Crippen LogP contribution is -2.37. The number of hydrogen-bond acceptors (Lipinski definition) is 5. The van der Waals surface area contributed by atoms with Gasteiger partial charge in [-0.25, -0.2) is 0 Å². The standard InChI is InChI=1S/C14H19N3O3S/c1-10-9-21-14(19)17(10)8-13(18)15-7-11(16(2)3)12-5-4-6-20-12/h4-6,9,11H,7-8H2,1-3H3,(H,15,18). The molecule has 0 radical (unpaired) electrons. The number of rotatable bonds is 6. The summed E-state index contributed by atoms with van der Waals surface area (Å²) in [6, 6.07) is 3.66. The summed E-state index contributed by atoms with van der Waals surface area (Å²) in [4.78, 5) is 25.4. The van der Waals surface area contributed by atoms with Gasteiger partial charge in [-0.15, -0.1) is 0 Å². The Morgan fingerprint density at radius 2 is 2.29 bits per heavy atom. The number of aromatic nitrogens is 1. The summed E-state index contributed by atoms with van der Waals surface area (Å²) < 4.78 is 6.86. The topological polar surface area (TPSA) is 67.5 Å². The lowest BCUT2D eigenvalue weighted by Gasteiger charge is -2.22. The van der Waals surface area contributed by atoms with Crippen molar-refractivity contribution >= 4 is 17.2 Å². The van der Waals surface area contributed by atoms with E-state index in [1.165, 1.54) is 4.57 Å². The first-order valence-electron chi connectivity index (χ1n) is 6.60. The van der Waals surface area contributed by atoms with E-state index in [1.54, 1.807) is 11.6 Å². The smallest absolute Gasteiger partial charge is 0.307 e. The highest BCUT2D eigenvalue weighted by atomic mass is 32.1. The number of nitrogens with zero attached hydrogens (tertiary/aromatic N) is 2. The zero-order valence-electron chi connectivity index (χ0n) is 12.3. The van der Waals surface area contributed by atoms with Gasteiger partial charge in [0.05, 0.1) is 12.3 Å². The molecule has 0 bridgehead atoms. The first-order chi connectivity index (χ1) is 9.99. The van der Waals surface area contributed by atoms with E-state index in [2.05, 4.69) is 5.32 Å². The van der Waals surface area contributed by atoms with Crippen LogP contribution in [-0.2, 0) is 11.3 Å². The normalized spacial score (nSPS) is 12.6. The van der Waals surface area contributed by atoms with Gasteiger partial charge in [0.25, 0.3) is 0 Å². The van der Waals surface area contributed by atoms with Gasteiger partial charge in [0, 0.05) is 17.6 Å². The van der Waals surface area contributed by atoms with Gasteiger partial charge < -0.3 is 9.73 Å². The maximum Gasteiger partial charge on any atom is 0.307 e. The van der Waals surface area contributed by atoms with Crippen molar-refractivity contribution in [2.24, 2.45) is 0 Å². The minimum Gasteiger partial charge on any atom is -0.468 e. The zero-order valence-corrected chi connectivity index (χ0v) is 13.1. The third-order valence-corrected chi connectivity index (χ3v) is 4.15. The number of thiazole rings is 1. The molecule has 0 fully saturated rings. The van der Waals surface area contributed by atoms with E-state index < -0.39 is 0 Å².